The first-order valence-corrected chi connectivity index (χ1v) is 9.01. The number of nitrogens with two attached hydrogens (primary N) is 1. The molecule has 2 N–H and O–H groups in total. The van der Waals surface area contributed by atoms with Crippen molar-refractivity contribution in [2.24, 2.45) is 17.6 Å². The molecule has 1 aliphatic heterocycles. The van der Waals surface area contributed by atoms with Crippen molar-refractivity contribution in [2.45, 2.75) is 26.7 Å². The maximum atomic E-state index is 12.3. The molecule has 1 aromatic carbocycles. The van der Waals surface area contributed by atoms with Gasteiger partial charge in [0, 0.05) is 19.2 Å². The Bertz CT molecular complexity index is 591. The van der Waals surface area contributed by atoms with Crippen LogP contribution in [0.15, 0.2) is 24.3 Å². The lowest BCUT2D eigenvalue weighted by Gasteiger charge is -2.30. The fraction of sp³-hybridized carbons (Fsp3) is 0.550. The molecule has 0 atom stereocenters. The summed E-state index contributed by atoms with van der Waals surface area (Å²) >= 11 is 0. The summed E-state index contributed by atoms with van der Waals surface area (Å²) in [7, 11) is 1.62. The largest absolute Gasteiger partial charge is 0.493 e. The van der Waals surface area contributed by atoms with Crippen LogP contribution >= 0.6 is 0 Å². The molecule has 25 heavy (non-hydrogen) atoms. The van der Waals surface area contributed by atoms with Crippen LogP contribution in [-0.2, 0) is 4.79 Å². The maximum Gasteiger partial charge on any atom is 0.246 e. The maximum absolute atomic E-state index is 12.3. The number of rotatable bonds is 7. The van der Waals surface area contributed by atoms with E-state index in [-0.39, 0.29) is 5.91 Å². The van der Waals surface area contributed by atoms with Gasteiger partial charge >= 0.3 is 0 Å². The van der Waals surface area contributed by atoms with Gasteiger partial charge in [-0.25, -0.2) is 0 Å². The van der Waals surface area contributed by atoms with Crippen molar-refractivity contribution in [1.82, 2.24) is 4.90 Å². The number of methoxy groups -OCH3 is 1. The van der Waals surface area contributed by atoms with Crippen molar-refractivity contribution in [3.63, 3.8) is 0 Å². The minimum absolute atomic E-state index is 0.0505. The SMILES string of the molecule is COc1cc(C=CC(=O)N2CCC(CN)CC2)ccc1OCC(C)C. The Kier molecular flexibility index (Phi) is 7.31. The van der Waals surface area contributed by atoms with E-state index in [1.54, 1.807) is 13.2 Å². The van der Waals surface area contributed by atoms with E-state index < -0.39 is 0 Å². The zero-order valence-corrected chi connectivity index (χ0v) is 15.5. The molecule has 1 aliphatic rings. The zero-order chi connectivity index (χ0) is 18.2. The second-order valence-corrected chi connectivity index (χ2v) is 6.95. The number of hydrogen-bond acceptors (Lipinski definition) is 4. The summed E-state index contributed by atoms with van der Waals surface area (Å²) in [5, 5.41) is 0. The monoisotopic (exact) mass is 346 g/mol. The molecule has 0 spiro atoms. The van der Waals surface area contributed by atoms with Crippen molar-refractivity contribution >= 4 is 12.0 Å². The van der Waals surface area contributed by atoms with Crippen molar-refractivity contribution in [1.29, 1.82) is 0 Å². The van der Waals surface area contributed by atoms with Crippen LogP contribution in [0.1, 0.15) is 32.3 Å². The summed E-state index contributed by atoms with van der Waals surface area (Å²) in [5.74, 6) is 2.46. The number of likely N-dealkylation sites (tertiary alicyclic amines) is 1. The van der Waals surface area contributed by atoms with Crippen LogP contribution in [0, 0.1) is 11.8 Å². The Morgan fingerprint density at radius 1 is 1.32 bits per heavy atom. The molecule has 2 rings (SSSR count). The van der Waals surface area contributed by atoms with E-state index in [0.29, 0.717) is 30.7 Å². The Hall–Kier alpha value is -2.01. The average Bonchev–Trinajstić information content (AvgIpc) is 2.64. The van der Waals surface area contributed by atoms with E-state index in [9.17, 15) is 4.79 Å². The van der Waals surface area contributed by atoms with Crippen LogP contribution in [0.2, 0.25) is 0 Å². The number of piperidine rings is 1. The van der Waals surface area contributed by atoms with Crippen LogP contribution in [0.4, 0.5) is 0 Å². The second-order valence-electron chi connectivity index (χ2n) is 6.95. The molecule has 1 amide bonds. The molecule has 0 radical (unpaired) electrons. The van der Waals surface area contributed by atoms with Gasteiger partial charge in [0.2, 0.25) is 5.91 Å². The molecule has 0 aliphatic carbocycles. The lowest BCUT2D eigenvalue weighted by molar-refractivity contribution is -0.127. The summed E-state index contributed by atoms with van der Waals surface area (Å²) in [5.41, 5.74) is 6.61. The molecule has 1 fully saturated rings. The van der Waals surface area contributed by atoms with E-state index >= 15 is 0 Å². The third kappa shape index (κ3) is 5.78. The molecule has 5 heteroatoms. The highest BCUT2D eigenvalue weighted by Crippen LogP contribution is 2.29. The number of nitrogens with zero attached hydrogens (tertiary/aromatic N) is 1. The van der Waals surface area contributed by atoms with Gasteiger partial charge < -0.3 is 20.1 Å². The molecule has 1 saturated heterocycles. The summed E-state index contributed by atoms with van der Waals surface area (Å²) in [4.78, 5) is 14.2. The van der Waals surface area contributed by atoms with Gasteiger partial charge in [-0.2, -0.15) is 0 Å². The number of carbonyl (C=O) groups excluding carboxylic acids is 1. The van der Waals surface area contributed by atoms with Gasteiger partial charge in [0.05, 0.1) is 13.7 Å². The Balaban J connectivity index is 1.97. The van der Waals surface area contributed by atoms with Crippen LogP contribution in [0.3, 0.4) is 0 Å². The van der Waals surface area contributed by atoms with Gasteiger partial charge in [-0.05, 0) is 55.0 Å². The lowest BCUT2D eigenvalue weighted by atomic mass is 9.97. The minimum atomic E-state index is 0.0505. The quantitative estimate of drug-likeness (QED) is 0.771. The first-order valence-electron chi connectivity index (χ1n) is 9.01. The average molecular weight is 346 g/mol. The fourth-order valence-corrected chi connectivity index (χ4v) is 2.83. The minimum Gasteiger partial charge on any atom is -0.493 e. The van der Waals surface area contributed by atoms with Gasteiger partial charge in [0.1, 0.15) is 0 Å². The van der Waals surface area contributed by atoms with Gasteiger partial charge in [-0.15, -0.1) is 0 Å². The second kappa shape index (κ2) is 9.47. The molecule has 1 aromatic rings. The lowest BCUT2D eigenvalue weighted by Crippen LogP contribution is -2.39. The summed E-state index contributed by atoms with van der Waals surface area (Å²) < 4.78 is 11.2. The van der Waals surface area contributed by atoms with Crippen molar-refractivity contribution in [3.8, 4) is 11.5 Å². The van der Waals surface area contributed by atoms with Crippen LogP contribution in [0.5, 0.6) is 11.5 Å². The van der Waals surface area contributed by atoms with E-state index in [2.05, 4.69) is 13.8 Å². The number of hydrogen-bond donors (Lipinski definition) is 1. The zero-order valence-electron chi connectivity index (χ0n) is 15.5. The normalized spacial score (nSPS) is 15.8. The molecule has 0 aromatic heterocycles. The van der Waals surface area contributed by atoms with Gasteiger partial charge in [-0.1, -0.05) is 19.9 Å². The predicted molar refractivity (Wildman–Crippen MR) is 101 cm³/mol. The van der Waals surface area contributed by atoms with E-state index in [4.69, 9.17) is 15.2 Å². The highest BCUT2D eigenvalue weighted by molar-refractivity contribution is 5.91. The first kappa shape index (κ1) is 19.3. The molecule has 0 unspecified atom stereocenters. The first-order chi connectivity index (χ1) is 12.0. The number of benzene rings is 1. The van der Waals surface area contributed by atoms with E-state index in [1.165, 1.54) is 0 Å². The van der Waals surface area contributed by atoms with Crippen molar-refractivity contribution in [3.05, 3.63) is 29.8 Å². The third-order valence-corrected chi connectivity index (χ3v) is 4.44. The standard InChI is InChI=1S/C20H30N2O3/c1-15(2)14-25-18-6-4-16(12-19(18)24-3)5-7-20(23)22-10-8-17(13-21)9-11-22/h4-7,12,15,17H,8-11,13-14,21H2,1-3H3. The highest BCUT2D eigenvalue weighted by Gasteiger charge is 2.20. The Labute approximate surface area is 150 Å². The highest BCUT2D eigenvalue weighted by atomic mass is 16.5. The van der Waals surface area contributed by atoms with Crippen LogP contribution in [0.25, 0.3) is 6.08 Å². The number of carbonyl (C=O) groups is 1. The summed E-state index contributed by atoms with van der Waals surface area (Å²) in [6.07, 6.45) is 5.44. The molecular formula is C20H30N2O3. The Morgan fingerprint density at radius 2 is 2.04 bits per heavy atom. The van der Waals surface area contributed by atoms with Crippen molar-refractivity contribution < 1.29 is 14.3 Å². The third-order valence-electron chi connectivity index (χ3n) is 4.44. The van der Waals surface area contributed by atoms with Crippen LogP contribution < -0.4 is 15.2 Å². The Morgan fingerprint density at radius 3 is 2.64 bits per heavy atom. The van der Waals surface area contributed by atoms with Crippen LogP contribution in [-0.4, -0.2) is 44.2 Å². The number of ether oxygens (including phenoxy) is 2. The smallest absolute Gasteiger partial charge is 0.246 e. The summed E-state index contributed by atoms with van der Waals surface area (Å²) in [6, 6.07) is 5.71. The molecule has 138 valence electrons. The molecule has 0 bridgehead atoms. The van der Waals surface area contributed by atoms with Crippen molar-refractivity contribution in [2.75, 3.05) is 33.4 Å². The van der Waals surface area contributed by atoms with Gasteiger partial charge in [0.25, 0.3) is 0 Å². The predicted octanol–water partition coefficient (Wildman–Crippen LogP) is 2.94. The molecular weight excluding hydrogens is 316 g/mol. The van der Waals surface area contributed by atoms with E-state index in [0.717, 1.165) is 37.2 Å². The van der Waals surface area contributed by atoms with E-state index in [1.807, 2.05) is 29.2 Å². The number of amides is 1. The molecule has 5 nitrogen and oxygen atoms in total. The molecule has 1 heterocycles. The van der Waals surface area contributed by atoms with Gasteiger partial charge in [0.15, 0.2) is 11.5 Å². The fourth-order valence-electron chi connectivity index (χ4n) is 2.83. The molecule has 0 saturated carbocycles. The summed E-state index contributed by atoms with van der Waals surface area (Å²) in [6.45, 7) is 7.13. The topological polar surface area (TPSA) is 64.8 Å². The van der Waals surface area contributed by atoms with Gasteiger partial charge in [-0.3, -0.25) is 4.79 Å².